The van der Waals surface area contributed by atoms with Gasteiger partial charge in [-0.25, -0.2) is 13.7 Å². The first-order chi connectivity index (χ1) is 13.8. The van der Waals surface area contributed by atoms with E-state index in [1.807, 2.05) is 30.3 Å². The lowest BCUT2D eigenvalue weighted by Gasteiger charge is -2.19. The molecule has 2 rings (SSSR count). The summed E-state index contributed by atoms with van der Waals surface area (Å²) in [7, 11) is 0. The van der Waals surface area contributed by atoms with Crippen LogP contribution in [0.3, 0.4) is 0 Å². The highest BCUT2D eigenvalue weighted by atomic mass is 19.3. The third-order valence-corrected chi connectivity index (χ3v) is 4.55. The molecule has 2 amide bonds. The number of hydrogen-bond acceptors (Lipinski definition) is 3. The highest BCUT2D eigenvalue weighted by Crippen LogP contribution is 2.27. The van der Waals surface area contributed by atoms with Crippen LogP contribution < -0.4 is 5.73 Å². The van der Waals surface area contributed by atoms with E-state index in [4.69, 9.17) is 5.73 Å². The number of rotatable bonds is 10. The average molecular weight is 399 g/mol. The van der Waals surface area contributed by atoms with E-state index in [9.17, 15) is 23.6 Å². The zero-order valence-electron chi connectivity index (χ0n) is 16.0. The Balaban J connectivity index is 1.87. The third-order valence-electron chi connectivity index (χ3n) is 4.55. The van der Waals surface area contributed by atoms with Gasteiger partial charge in [0.25, 0.3) is 5.92 Å². The van der Waals surface area contributed by atoms with Gasteiger partial charge in [0, 0.05) is 31.4 Å². The monoisotopic (exact) mass is 399 g/mol. The van der Waals surface area contributed by atoms with E-state index >= 15 is 0 Å². The molecule has 0 aromatic heterocycles. The van der Waals surface area contributed by atoms with E-state index in [0.717, 1.165) is 10.5 Å². The van der Waals surface area contributed by atoms with Crippen LogP contribution >= 0.6 is 0 Å². The maximum Gasteiger partial charge on any atom is 0.252 e. The summed E-state index contributed by atoms with van der Waals surface area (Å²) in [5.41, 5.74) is 6.48. The van der Waals surface area contributed by atoms with Crippen molar-refractivity contribution in [3.8, 4) is 6.19 Å². The number of carbonyl (C=O) groups excluding carboxylic acids is 2. The Hall–Kier alpha value is -3.27. The minimum atomic E-state index is -3.20. The number of nitrogens with zero attached hydrogens (tertiary/aromatic N) is 2. The van der Waals surface area contributed by atoms with Crippen LogP contribution in [0.15, 0.2) is 54.6 Å². The first-order valence-corrected chi connectivity index (χ1v) is 9.32. The van der Waals surface area contributed by atoms with Crippen molar-refractivity contribution in [1.82, 2.24) is 4.90 Å². The predicted molar refractivity (Wildman–Crippen MR) is 105 cm³/mol. The summed E-state index contributed by atoms with van der Waals surface area (Å²) in [6.07, 6.45) is 1.16. The molecule has 0 heterocycles. The Morgan fingerprint density at radius 1 is 1.07 bits per heavy atom. The molecule has 0 bridgehead atoms. The maximum absolute atomic E-state index is 14.3. The molecular formula is C22H23F2N3O2. The Bertz CT molecular complexity index is 879. The molecule has 2 aromatic rings. The number of aryl methyl sites for hydroxylation is 1. The molecule has 0 unspecified atom stereocenters. The fourth-order valence-corrected chi connectivity index (χ4v) is 3.02. The van der Waals surface area contributed by atoms with Gasteiger partial charge in [0.15, 0.2) is 6.19 Å². The lowest BCUT2D eigenvalue weighted by Crippen LogP contribution is -2.30. The topological polar surface area (TPSA) is 87.2 Å². The summed E-state index contributed by atoms with van der Waals surface area (Å²) in [5.74, 6) is -4.61. The molecule has 2 N–H and O–H groups in total. The Kier molecular flexibility index (Phi) is 7.84. The van der Waals surface area contributed by atoms with E-state index in [0.29, 0.717) is 12.8 Å². The van der Waals surface area contributed by atoms with Gasteiger partial charge in [-0.15, -0.1) is 0 Å². The summed E-state index contributed by atoms with van der Waals surface area (Å²) >= 11 is 0. The number of amides is 2. The number of hydrogen-bond donors (Lipinski definition) is 1. The van der Waals surface area contributed by atoms with Crippen LogP contribution in [0.1, 0.15) is 40.7 Å². The summed E-state index contributed by atoms with van der Waals surface area (Å²) in [6.45, 7) is 0.181. The number of alkyl halides is 2. The molecule has 5 nitrogen and oxygen atoms in total. The molecule has 2 aromatic carbocycles. The van der Waals surface area contributed by atoms with Gasteiger partial charge in [-0.3, -0.25) is 9.59 Å². The lowest BCUT2D eigenvalue weighted by atomic mass is 9.98. The summed E-state index contributed by atoms with van der Waals surface area (Å²) in [6, 6.07) is 15.5. The van der Waals surface area contributed by atoms with Crippen molar-refractivity contribution in [2.75, 3.05) is 6.54 Å². The van der Waals surface area contributed by atoms with Crippen molar-refractivity contribution in [2.24, 2.45) is 5.73 Å². The maximum atomic E-state index is 14.3. The minimum Gasteiger partial charge on any atom is -0.366 e. The molecule has 0 aliphatic rings. The molecule has 0 aliphatic heterocycles. The second kappa shape index (κ2) is 10.3. The van der Waals surface area contributed by atoms with Crippen molar-refractivity contribution in [3.63, 3.8) is 0 Å². The number of primary amides is 1. The zero-order valence-corrected chi connectivity index (χ0v) is 16.0. The smallest absolute Gasteiger partial charge is 0.252 e. The average Bonchev–Trinajstić information content (AvgIpc) is 2.70. The van der Waals surface area contributed by atoms with Gasteiger partial charge in [-0.2, -0.15) is 5.26 Å². The molecule has 29 heavy (non-hydrogen) atoms. The van der Waals surface area contributed by atoms with Crippen LogP contribution in [0, 0.1) is 11.5 Å². The van der Waals surface area contributed by atoms with E-state index in [2.05, 4.69) is 0 Å². The van der Waals surface area contributed by atoms with Crippen LogP contribution in [0.2, 0.25) is 0 Å². The molecule has 0 aliphatic carbocycles. The van der Waals surface area contributed by atoms with E-state index < -0.39 is 37.0 Å². The SMILES string of the molecule is N#CN(CCCc1ccccc1)C(=O)CCC(F)(F)Cc1ccccc1C(N)=O. The van der Waals surface area contributed by atoms with Crippen LogP contribution in [-0.2, 0) is 17.6 Å². The van der Waals surface area contributed by atoms with Crippen LogP contribution in [0.25, 0.3) is 0 Å². The van der Waals surface area contributed by atoms with E-state index in [-0.39, 0.29) is 17.7 Å². The second-order valence-corrected chi connectivity index (χ2v) is 6.79. The molecule has 0 radical (unpaired) electrons. The van der Waals surface area contributed by atoms with E-state index in [1.165, 1.54) is 12.1 Å². The van der Waals surface area contributed by atoms with Crippen LogP contribution in [-0.4, -0.2) is 29.2 Å². The summed E-state index contributed by atoms with van der Waals surface area (Å²) < 4.78 is 28.7. The van der Waals surface area contributed by atoms with Crippen molar-refractivity contribution in [2.45, 2.75) is 38.0 Å². The number of nitriles is 1. The van der Waals surface area contributed by atoms with Gasteiger partial charge < -0.3 is 5.73 Å². The minimum absolute atomic E-state index is 0.0399. The zero-order chi connectivity index (χ0) is 21.3. The van der Waals surface area contributed by atoms with Gasteiger partial charge in [0.05, 0.1) is 0 Å². The Morgan fingerprint density at radius 2 is 1.72 bits per heavy atom. The standard InChI is InChI=1S/C22H23F2N3O2/c23-22(24,15-18-10-4-5-11-19(18)21(26)29)13-12-20(28)27(16-25)14-6-9-17-7-2-1-3-8-17/h1-5,7-8,10-11H,6,9,12-15H2,(H2,26,29). The Labute approximate surface area is 168 Å². The molecule has 0 fully saturated rings. The van der Waals surface area contributed by atoms with Gasteiger partial charge >= 0.3 is 0 Å². The number of nitrogens with two attached hydrogens (primary N) is 1. The largest absolute Gasteiger partial charge is 0.366 e. The molecule has 0 atom stereocenters. The Morgan fingerprint density at radius 3 is 2.38 bits per heavy atom. The number of benzene rings is 2. The summed E-state index contributed by atoms with van der Waals surface area (Å²) in [4.78, 5) is 24.5. The molecule has 0 saturated heterocycles. The second-order valence-electron chi connectivity index (χ2n) is 6.79. The molecule has 152 valence electrons. The van der Waals surface area contributed by atoms with Crippen molar-refractivity contribution in [3.05, 3.63) is 71.3 Å². The molecule has 7 heteroatoms. The first-order valence-electron chi connectivity index (χ1n) is 9.32. The van der Waals surface area contributed by atoms with Crippen molar-refractivity contribution >= 4 is 11.8 Å². The highest BCUT2D eigenvalue weighted by Gasteiger charge is 2.32. The molecule has 0 spiro atoms. The summed E-state index contributed by atoms with van der Waals surface area (Å²) in [5, 5.41) is 9.17. The fourth-order valence-electron chi connectivity index (χ4n) is 3.02. The van der Waals surface area contributed by atoms with Gasteiger partial charge in [0.2, 0.25) is 11.8 Å². The van der Waals surface area contributed by atoms with Crippen LogP contribution in [0.4, 0.5) is 8.78 Å². The predicted octanol–water partition coefficient (Wildman–Crippen LogP) is 3.69. The quantitative estimate of drug-likeness (QED) is 0.488. The normalized spacial score (nSPS) is 10.9. The lowest BCUT2D eigenvalue weighted by molar-refractivity contribution is -0.130. The van der Waals surface area contributed by atoms with Gasteiger partial charge in [0.1, 0.15) is 0 Å². The highest BCUT2D eigenvalue weighted by molar-refractivity contribution is 5.94. The van der Waals surface area contributed by atoms with Gasteiger partial charge in [-0.05, 0) is 30.0 Å². The first kappa shape index (κ1) is 22.0. The molecule has 0 saturated carbocycles. The van der Waals surface area contributed by atoms with Gasteiger partial charge in [-0.1, -0.05) is 48.5 Å². The molecular weight excluding hydrogens is 376 g/mol. The third kappa shape index (κ3) is 7.00. The fraction of sp³-hybridized carbons (Fsp3) is 0.318. The van der Waals surface area contributed by atoms with E-state index in [1.54, 1.807) is 18.3 Å². The van der Waals surface area contributed by atoms with Crippen LogP contribution in [0.5, 0.6) is 0 Å². The number of halogens is 2. The number of carbonyl (C=O) groups is 2. The van der Waals surface area contributed by atoms with Crippen molar-refractivity contribution in [1.29, 1.82) is 5.26 Å². The van der Waals surface area contributed by atoms with Crippen molar-refractivity contribution < 1.29 is 18.4 Å².